The average molecular weight is 555 g/mol. The van der Waals surface area contributed by atoms with Crippen molar-refractivity contribution in [3.8, 4) is 17.1 Å². The van der Waals surface area contributed by atoms with Crippen LogP contribution in [0.2, 0.25) is 0 Å². The number of benzene rings is 2. The third-order valence-corrected chi connectivity index (χ3v) is 8.28. The molecule has 6 rings (SSSR count). The average Bonchev–Trinajstić information content (AvgIpc) is 3.51. The fourth-order valence-corrected chi connectivity index (χ4v) is 6.07. The van der Waals surface area contributed by atoms with Gasteiger partial charge >= 0.3 is 0 Å². The van der Waals surface area contributed by atoms with Crippen molar-refractivity contribution < 1.29 is 13.9 Å². The monoisotopic (exact) mass is 554 g/mol. The number of pyridine rings is 1. The molecule has 2 aliphatic heterocycles. The van der Waals surface area contributed by atoms with Crippen LogP contribution in [0.3, 0.4) is 0 Å². The second kappa shape index (κ2) is 12.1. The number of carbonyl (C=O) groups excluding carboxylic acids is 1. The van der Waals surface area contributed by atoms with Gasteiger partial charge in [0.05, 0.1) is 12.0 Å². The molecule has 1 saturated heterocycles. The molecule has 40 heavy (non-hydrogen) atoms. The lowest BCUT2D eigenvalue weighted by atomic mass is 10.1. The first-order valence-electron chi connectivity index (χ1n) is 13.5. The number of para-hydroxylation sites is 1. The molecule has 0 saturated carbocycles. The van der Waals surface area contributed by atoms with Gasteiger partial charge in [-0.05, 0) is 30.7 Å². The second-order valence-electron chi connectivity index (χ2n) is 9.82. The van der Waals surface area contributed by atoms with Crippen molar-refractivity contribution in [2.75, 3.05) is 45.1 Å². The Balaban J connectivity index is 1.02. The van der Waals surface area contributed by atoms with E-state index in [1.807, 2.05) is 59.5 Å². The summed E-state index contributed by atoms with van der Waals surface area (Å²) in [4.78, 5) is 39.5. The number of aliphatic imine (C=N–C) groups is 1. The molecule has 0 unspecified atom stereocenters. The number of aromatic nitrogens is 1. The van der Waals surface area contributed by atoms with E-state index in [2.05, 4.69) is 14.9 Å². The predicted molar refractivity (Wildman–Crippen MR) is 158 cm³/mol. The quantitative estimate of drug-likeness (QED) is 0.300. The fraction of sp³-hybridized carbons (Fsp3) is 0.290. The summed E-state index contributed by atoms with van der Waals surface area (Å²) in [6.07, 6.45) is 4.28. The molecule has 1 amide bonds. The zero-order valence-electron chi connectivity index (χ0n) is 22.1. The molecule has 0 aliphatic carbocycles. The van der Waals surface area contributed by atoms with E-state index >= 15 is 0 Å². The van der Waals surface area contributed by atoms with Gasteiger partial charge in [-0.3, -0.25) is 24.5 Å². The first-order chi connectivity index (χ1) is 19.7. The maximum absolute atomic E-state index is 13.3. The Kier molecular flexibility index (Phi) is 7.92. The summed E-state index contributed by atoms with van der Waals surface area (Å²) < 4.78 is 12.2. The SMILES string of the molecule is O=C([C@@H]1CSC(c2cccnc2)=N1)N1CCN(CCCOc2c(-c3ccccc3)oc3ccccc3c2=O)CC1. The van der Waals surface area contributed by atoms with Crippen LogP contribution in [-0.4, -0.2) is 76.9 Å². The van der Waals surface area contributed by atoms with E-state index in [9.17, 15) is 9.59 Å². The number of fused-ring (bicyclic) bond motifs is 1. The first kappa shape index (κ1) is 26.3. The second-order valence-corrected chi connectivity index (χ2v) is 10.8. The molecular weight excluding hydrogens is 524 g/mol. The van der Waals surface area contributed by atoms with E-state index in [0.29, 0.717) is 42.2 Å². The van der Waals surface area contributed by atoms with Crippen LogP contribution < -0.4 is 10.2 Å². The van der Waals surface area contributed by atoms with Crippen molar-refractivity contribution in [1.82, 2.24) is 14.8 Å². The van der Waals surface area contributed by atoms with Crippen LogP contribution in [0.25, 0.3) is 22.3 Å². The van der Waals surface area contributed by atoms with E-state index in [0.717, 1.165) is 42.2 Å². The Labute approximate surface area is 236 Å². The van der Waals surface area contributed by atoms with E-state index in [4.69, 9.17) is 9.15 Å². The third-order valence-electron chi connectivity index (χ3n) is 7.19. The highest BCUT2D eigenvalue weighted by Gasteiger charge is 2.31. The number of amides is 1. The van der Waals surface area contributed by atoms with Gasteiger partial charge in [0.2, 0.25) is 17.1 Å². The number of piperazine rings is 1. The minimum Gasteiger partial charge on any atom is -0.486 e. The molecule has 0 radical (unpaired) electrons. The number of rotatable bonds is 8. The van der Waals surface area contributed by atoms with Gasteiger partial charge in [-0.2, -0.15) is 0 Å². The maximum atomic E-state index is 13.3. The summed E-state index contributed by atoms with van der Waals surface area (Å²) in [5.41, 5.74) is 2.15. The molecule has 1 fully saturated rings. The molecule has 4 aromatic rings. The normalized spacial score (nSPS) is 17.6. The van der Waals surface area contributed by atoms with E-state index < -0.39 is 0 Å². The van der Waals surface area contributed by atoms with Crippen LogP contribution >= 0.6 is 11.8 Å². The summed E-state index contributed by atoms with van der Waals surface area (Å²) in [6.45, 7) is 4.20. The topological polar surface area (TPSA) is 88.2 Å². The molecule has 1 atom stereocenters. The van der Waals surface area contributed by atoms with E-state index in [-0.39, 0.29) is 23.1 Å². The van der Waals surface area contributed by atoms with Gasteiger partial charge in [-0.1, -0.05) is 42.5 Å². The van der Waals surface area contributed by atoms with E-state index in [1.165, 1.54) is 0 Å². The zero-order valence-corrected chi connectivity index (χ0v) is 22.9. The third kappa shape index (κ3) is 5.66. The smallest absolute Gasteiger partial charge is 0.248 e. The van der Waals surface area contributed by atoms with Crippen molar-refractivity contribution >= 4 is 33.7 Å². The minimum atomic E-state index is -0.326. The molecule has 0 spiro atoms. The Morgan fingerprint density at radius 2 is 1.75 bits per heavy atom. The Morgan fingerprint density at radius 3 is 2.55 bits per heavy atom. The molecule has 2 aromatic carbocycles. The number of hydrogen-bond acceptors (Lipinski definition) is 8. The van der Waals surface area contributed by atoms with E-state index in [1.54, 1.807) is 36.3 Å². The molecular formula is C31H30N4O4S. The van der Waals surface area contributed by atoms with Gasteiger partial charge in [0.1, 0.15) is 16.7 Å². The van der Waals surface area contributed by atoms with Gasteiger partial charge in [0, 0.05) is 62.0 Å². The van der Waals surface area contributed by atoms with Crippen LogP contribution in [0, 0.1) is 0 Å². The molecule has 204 valence electrons. The van der Waals surface area contributed by atoms with Crippen LogP contribution in [-0.2, 0) is 4.79 Å². The number of thioether (sulfide) groups is 1. The molecule has 2 aliphatic rings. The highest BCUT2D eigenvalue weighted by molar-refractivity contribution is 8.14. The largest absolute Gasteiger partial charge is 0.486 e. The predicted octanol–water partition coefficient (Wildman–Crippen LogP) is 4.33. The number of nitrogens with zero attached hydrogens (tertiary/aromatic N) is 4. The summed E-state index contributed by atoms with van der Waals surface area (Å²) in [7, 11) is 0. The fourth-order valence-electron chi connectivity index (χ4n) is 5.05. The Hall–Kier alpha value is -3.95. The van der Waals surface area contributed by atoms with Gasteiger partial charge in [-0.25, -0.2) is 0 Å². The van der Waals surface area contributed by atoms with Gasteiger partial charge in [0.15, 0.2) is 5.76 Å². The van der Waals surface area contributed by atoms with Gasteiger partial charge < -0.3 is 14.1 Å². The summed E-state index contributed by atoms with van der Waals surface area (Å²) in [5, 5.41) is 1.40. The lowest BCUT2D eigenvalue weighted by Gasteiger charge is -2.35. The maximum Gasteiger partial charge on any atom is 0.248 e. The molecule has 0 bridgehead atoms. The number of carbonyl (C=O) groups is 1. The van der Waals surface area contributed by atoms with Crippen LogP contribution in [0.4, 0.5) is 0 Å². The van der Waals surface area contributed by atoms with Crippen molar-refractivity contribution in [2.24, 2.45) is 4.99 Å². The van der Waals surface area contributed by atoms with Gasteiger partial charge in [0.25, 0.3) is 0 Å². The molecule has 8 nitrogen and oxygen atoms in total. The standard InChI is InChI=1S/C31H30N4O4S/c36-27-24-11-4-5-12-26(24)39-28(22-8-2-1-3-9-22)29(27)38-19-7-14-34-15-17-35(18-16-34)31(37)25-21-40-30(33-25)23-10-6-13-32-20-23/h1-6,8-13,20,25H,7,14-19,21H2/t25-/m0/s1. The van der Waals surface area contributed by atoms with Crippen molar-refractivity contribution in [2.45, 2.75) is 12.5 Å². The molecule has 2 aromatic heterocycles. The number of hydrogen-bond donors (Lipinski definition) is 0. The molecule has 0 N–H and O–H groups in total. The highest BCUT2D eigenvalue weighted by atomic mass is 32.2. The Morgan fingerprint density at radius 1 is 0.975 bits per heavy atom. The zero-order chi connectivity index (χ0) is 27.3. The lowest BCUT2D eigenvalue weighted by molar-refractivity contribution is -0.133. The molecule has 4 heterocycles. The van der Waals surface area contributed by atoms with Gasteiger partial charge in [-0.15, -0.1) is 11.8 Å². The summed E-state index contributed by atoms with van der Waals surface area (Å²) >= 11 is 1.62. The lowest BCUT2D eigenvalue weighted by Crippen LogP contribution is -2.51. The number of ether oxygens (including phenoxy) is 1. The van der Waals surface area contributed by atoms with Crippen LogP contribution in [0.5, 0.6) is 5.75 Å². The van der Waals surface area contributed by atoms with Crippen molar-refractivity contribution in [3.63, 3.8) is 0 Å². The summed E-state index contributed by atoms with van der Waals surface area (Å²) in [6, 6.07) is 20.4. The van der Waals surface area contributed by atoms with Crippen LogP contribution in [0.1, 0.15) is 12.0 Å². The first-order valence-corrected chi connectivity index (χ1v) is 14.5. The Bertz CT molecular complexity index is 1570. The minimum absolute atomic E-state index is 0.103. The van der Waals surface area contributed by atoms with Crippen LogP contribution in [0.15, 0.2) is 93.3 Å². The molecule has 9 heteroatoms. The van der Waals surface area contributed by atoms with Crippen molar-refractivity contribution in [3.05, 3.63) is 94.9 Å². The highest BCUT2D eigenvalue weighted by Crippen LogP contribution is 2.31. The van der Waals surface area contributed by atoms with Crippen molar-refractivity contribution in [1.29, 1.82) is 0 Å². The summed E-state index contributed by atoms with van der Waals surface area (Å²) in [5.74, 6) is 1.48.